The maximum atomic E-state index is 13.4. The van der Waals surface area contributed by atoms with Gasteiger partial charge in [0.25, 0.3) is 5.69 Å². The first-order valence-electron chi connectivity index (χ1n) is 5.35. The summed E-state index contributed by atoms with van der Waals surface area (Å²) in [6, 6.07) is 4.32. The Bertz CT molecular complexity index is 653. The van der Waals surface area contributed by atoms with E-state index in [9.17, 15) is 14.5 Å². The summed E-state index contributed by atoms with van der Waals surface area (Å²) in [5.41, 5.74) is 1.22. The molecule has 0 fully saturated rings. The highest BCUT2D eigenvalue weighted by Crippen LogP contribution is 2.27. The molecule has 0 saturated heterocycles. The smallest absolute Gasteiger partial charge is 0.258 e. The Morgan fingerprint density at radius 1 is 1.32 bits per heavy atom. The lowest BCUT2D eigenvalue weighted by Gasteiger charge is -2.06. The maximum Gasteiger partial charge on any atom is 0.270 e. The molecule has 0 aliphatic heterocycles. The van der Waals surface area contributed by atoms with Gasteiger partial charge in [-0.3, -0.25) is 10.1 Å². The predicted octanol–water partition coefficient (Wildman–Crippen LogP) is 3.46. The molecule has 0 amide bonds. The van der Waals surface area contributed by atoms with Crippen molar-refractivity contribution in [2.24, 2.45) is 0 Å². The lowest BCUT2D eigenvalue weighted by Crippen LogP contribution is -1.99. The summed E-state index contributed by atoms with van der Waals surface area (Å²) in [7, 11) is 0. The van der Waals surface area contributed by atoms with Gasteiger partial charge < -0.3 is 0 Å². The van der Waals surface area contributed by atoms with Crippen LogP contribution in [0, 0.1) is 29.8 Å². The second kappa shape index (κ2) is 4.89. The van der Waals surface area contributed by atoms with Crippen molar-refractivity contribution < 1.29 is 9.31 Å². The van der Waals surface area contributed by atoms with E-state index >= 15 is 0 Å². The second-order valence-electron chi connectivity index (χ2n) is 3.99. The van der Waals surface area contributed by atoms with Crippen LogP contribution in [-0.2, 0) is 0 Å². The highest BCUT2D eigenvalue weighted by atomic mass is 35.5. The molecule has 1 aromatic heterocycles. The third-order valence-electron chi connectivity index (χ3n) is 2.65. The zero-order chi connectivity index (χ0) is 14.2. The monoisotopic (exact) mass is 281 g/mol. The van der Waals surface area contributed by atoms with Crippen molar-refractivity contribution in [2.75, 3.05) is 0 Å². The van der Waals surface area contributed by atoms with Gasteiger partial charge in [-0.2, -0.15) is 0 Å². The van der Waals surface area contributed by atoms with Gasteiger partial charge in [-0.1, -0.05) is 17.7 Å². The fraction of sp³-hybridized carbons (Fsp3) is 0.167. The van der Waals surface area contributed by atoms with Crippen molar-refractivity contribution in [3.63, 3.8) is 0 Å². The highest BCUT2D eigenvalue weighted by Gasteiger charge is 2.15. The highest BCUT2D eigenvalue weighted by molar-refractivity contribution is 6.29. The lowest BCUT2D eigenvalue weighted by atomic mass is 10.1. The van der Waals surface area contributed by atoms with Gasteiger partial charge in [0.15, 0.2) is 16.8 Å². The number of benzene rings is 1. The molecule has 2 rings (SSSR count). The molecule has 7 heteroatoms. The molecule has 19 heavy (non-hydrogen) atoms. The van der Waals surface area contributed by atoms with E-state index in [2.05, 4.69) is 9.97 Å². The molecule has 2 aromatic rings. The Kier molecular flexibility index (Phi) is 3.44. The summed E-state index contributed by atoms with van der Waals surface area (Å²) in [5.74, 6) is -0.515. The Labute approximate surface area is 113 Å². The summed E-state index contributed by atoms with van der Waals surface area (Å²) in [6.07, 6.45) is 0. The number of nitro benzene ring substituents is 1. The minimum absolute atomic E-state index is 0.0812. The normalized spacial score (nSPS) is 10.5. The van der Waals surface area contributed by atoms with Crippen LogP contribution in [0.15, 0.2) is 18.2 Å². The minimum Gasteiger partial charge on any atom is -0.258 e. The van der Waals surface area contributed by atoms with Gasteiger partial charge in [0.1, 0.15) is 0 Å². The molecule has 0 spiro atoms. The van der Waals surface area contributed by atoms with Crippen molar-refractivity contribution in [3.8, 4) is 11.4 Å². The van der Waals surface area contributed by atoms with Gasteiger partial charge in [0.2, 0.25) is 0 Å². The van der Waals surface area contributed by atoms with Gasteiger partial charge in [0, 0.05) is 17.7 Å². The van der Waals surface area contributed by atoms with Gasteiger partial charge >= 0.3 is 0 Å². The summed E-state index contributed by atoms with van der Waals surface area (Å²) >= 11 is 5.66. The van der Waals surface area contributed by atoms with Crippen molar-refractivity contribution in [1.82, 2.24) is 9.97 Å². The fourth-order valence-electron chi connectivity index (χ4n) is 1.61. The second-order valence-corrected chi connectivity index (χ2v) is 4.35. The number of aromatic nitrogens is 2. The van der Waals surface area contributed by atoms with Gasteiger partial charge in [-0.25, -0.2) is 14.4 Å². The molecule has 0 N–H and O–H groups in total. The van der Waals surface area contributed by atoms with Crippen LogP contribution in [0.5, 0.6) is 0 Å². The molecule has 0 unspecified atom stereocenters. The number of nitro groups is 1. The van der Waals surface area contributed by atoms with E-state index in [1.807, 2.05) is 0 Å². The van der Waals surface area contributed by atoms with Gasteiger partial charge in [0.05, 0.1) is 10.6 Å². The van der Waals surface area contributed by atoms with E-state index in [-0.39, 0.29) is 22.4 Å². The molecular formula is C12H9ClFN3O2. The average Bonchev–Trinajstić information content (AvgIpc) is 2.35. The number of nitrogens with zero attached hydrogens (tertiary/aromatic N) is 3. The number of hydrogen-bond acceptors (Lipinski definition) is 4. The zero-order valence-electron chi connectivity index (χ0n) is 10.1. The van der Waals surface area contributed by atoms with Gasteiger partial charge in [-0.05, 0) is 19.4 Å². The van der Waals surface area contributed by atoms with E-state index in [1.54, 1.807) is 13.0 Å². The summed E-state index contributed by atoms with van der Waals surface area (Å²) in [5, 5.41) is 10.5. The summed E-state index contributed by atoms with van der Waals surface area (Å²) < 4.78 is 13.4. The fourth-order valence-corrected chi connectivity index (χ4v) is 1.83. The molecule has 5 nitrogen and oxygen atoms in total. The first kappa shape index (κ1) is 13.4. The molecule has 0 saturated carbocycles. The van der Waals surface area contributed by atoms with Crippen LogP contribution in [0.4, 0.5) is 10.1 Å². The van der Waals surface area contributed by atoms with Crippen LogP contribution < -0.4 is 0 Å². The average molecular weight is 282 g/mol. The molecule has 0 aliphatic rings. The predicted molar refractivity (Wildman–Crippen MR) is 68.6 cm³/mol. The largest absolute Gasteiger partial charge is 0.270 e. The number of halogens is 2. The molecular weight excluding hydrogens is 273 g/mol. The maximum absolute atomic E-state index is 13.4. The van der Waals surface area contributed by atoms with Crippen LogP contribution in [0.1, 0.15) is 11.3 Å². The van der Waals surface area contributed by atoms with E-state index in [4.69, 9.17) is 11.6 Å². The standard InChI is InChI=1S/C12H9ClFN3O2/c1-6-3-4-8(17(18)19)5-9(6)12-15-7(2)10(14)11(13)16-12/h3-5H,1-2H3. The third kappa shape index (κ3) is 2.53. The molecule has 1 heterocycles. The molecule has 0 bridgehead atoms. The Balaban J connectivity index is 2.64. The van der Waals surface area contributed by atoms with Crippen LogP contribution in [0.3, 0.4) is 0 Å². The SMILES string of the molecule is Cc1ccc([N+](=O)[O-])cc1-c1nc(C)c(F)c(Cl)n1. The van der Waals surface area contributed by atoms with Crippen LogP contribution in [-0.4, -0.2) is 14.9 Å². The number of hydrogen-bond donors (Lipinski definition) is 0. The Morgan fingerprint density at radius 2 is 2.00 bits per heavy atom. The van der Waals surface area contributed by atoms with Crippen LogP contribution in [0.25, 0.3) is 11.4 Å². The van der Waals surface area contributed by atoms with Crippen LogP contribution >= 0.6 is 11.6 Å². The van der Waals surface area contributed by atoms with Gasteiger partial charge in [-0.15, -0.1) is 0 Å². The number of non-ortho nitro benzene ring substituents is 1. The molecule has 1 aromatic carbocycles. The van der Waals surface area contributed by atoms with Crippen molar-refractivity contribution >= 4 is 17.3 Å². The zero-order valence-corrected chi connectivity index (χ0v) is 10.9. The molecule has 0 aliphatic carbocycles. The summed E-state index contributed by atoms with van der Waals surface area (Å²) in [4.78, 5) is 18.0. The minimum atomic E-state index is -0.687. The third-order valence-corrected chi connectivity index (χ3v) is 2.90. The first-order valence-corrected chi connectivity index (χ1v) is 5.73. The summed E-state index contributed by atoms with van der Waals surface area (Å²) in [6.45, 7) is 3.22. The topological polar surface area (TPSA) is 68.9 Å². The van der Waals surface area contributed by atoms with E-state index in [0.29, 0.717) is 5.56 Å². The van der Waals surface area contributed by atoms with E-state index < -0.39 is 10.7 Å². The van der Waals surface area contributed by atoms with Crippen LogP contribution in [0.2, 0.25) is 5.15 Å². The van der Waals surface area contributed by atoms with E-state index in [1.165, 1.54) is 19.1 Å². The molecule has 98 valence electrons. The number of aryl methyl sites for hydroxylation is 2. The lowest BCUT2D eigenvalue weighted by molar-refractivity contribution is -0.384. The quantitative estimate of drug-likeness (QED) is 0.480. The number of rotatable bonds is 2. The Morgan fingerprint density at radius 3 is 2.58 bits per heavy atom. The molecule has 0 radical (unpaired) electrons. The van der Waals surface area contributed by atoms with E-state index in [0.717, 1.165) is 5.56 Å². The first-order chi connectivity index (χ1) is 8.90. The Hall–Kier alpha value is -2.08. The van der Waals surface area contributed by atoms with Crippen molar-refractivity contribution in [3.05, 3.63) is 50.5 Å². The van der Waals surface area contributed by atoms with Crippen molar-refractivity contribution in [1.29, 1.82) is 0 Å². The molecule has 0 atom stereocenters. The van der Waals surface area contributed by atoms with Crippen molar-refractivity contribution in [2.45, 2.75) is 13.8 Å².